The number of hydrogen-bond acceptors (Lipinski definition) is 5. The number of rotatable bonds is 9. The number of carbonyl (C=O) groups is 2. The number of ether oxygens (including phenoxy) is 1. The molecule has 0 saturated carbocycles. The molecule has 0 aromatic heterocycles. The van der Waals surface area contributed by atoms with E-state index >= 15 is 0 Å². The van der Waals surface area contributed by atoms with Crippen molar-refractivity contribution in [3.8, 4) is 5.75 Å². The first kappa shape index (κ1) is 18.3. The van der Waals surface area contributed by atoms with Crippen molar-refractivity contribution in [2.75, 3.05) is 11.9 Å². The van der Waals surface area contributed by atoms with E-state index in [2.05, 4.69) is 17.2 Å². The first-order chi connectivity index (χ1) is 11.6. The van der Waals surface area contributed by atoms with Crippen molar-refractivity contribution < 1.29 is 14.3 Å². The Morgan fingerprint density at radius 1 is 1.29 bits per heavy atom. The number of nitrogens with zero attached hydrogens (tertiary/aromatic N) is 1. The van der Waals surface area contributed by atoms with Crippen LogP contribution in [0.3, 0.4) is 0 Å². The molecule has 1 aromatic carbocycles. The van der Waals surface area contributed by atoms with Crippen LogP contribution in [-0.4, -0.2) is 28.8 Å². The van der Waals surface area contributed by atoms with Crippen molar-refractivity contribution in [3.63, 3.8) is 0 Å². The molecule has 1 aromatic rings. The lowest BCUT2D eigenvalue weighted by molar-refractivity contribution is -0.121. The Labute approximate surface area is 146 Å². The number of nitrogens with two attached hydrogens (primary N) is 1. The summed E-state index contributed by atoms with van der Waals surface area (Å²) in [5, 5.41) is 2.47. The first-order valence-electron chi connectivity index (χ1n) is 8.16. The molecule has 2 rings (SSSR count). The number of aliphatic imine (C=N–C) groups is 1. The zero-order valence-electron chi connectivity index (χ0n) is 13.8. The highest BCUT2D eigenvalue weighted by molar-refractivity contribution is 8.15. The minimum absolute atomic E-state index is 0.0589. The molecular formula is C17H23N3O3S. The fraction of sp³-hybridized carbons (Fsp3) is 0.471. The van der Waals surface area contributed by atoms with E-state index in [4.69, 9.17) is 10.5 Å². The lowest BCUT2D eigenvalue weighted by Gasteiger charge is -2.09. The third kappa shape index (κ3) is 5.88. The second kappa shape index (κ2) is 9.32. The molecule has 1 aliphatic rings. The fourth-order valence-corrected chi connectivity index (χ4v) is 3.09. The average Bonchev–Trinajstić information content (AvgIpc) is 2.86. The third-order valence-electron chi connectivity index (χ3n) is 3.53. The van der Waals surface area contributed by atoms with Gasteiger partial charge < -0.3 is 15.8 Å². The second-order valence-electron chi connectivity index (χ2n) is 5.58. The van der Waals surface area contributed by atoms with Gasteiger partial charge in [-0.05, 0) is 30.7 Å². The van der Waals surface area contributed by atoms with E-state index in [1.165, 1.54) is 19.3 Å². The number of carbonyl (C=O) groups excluding carboxylic acids is 2. The first-order valence-corrected chi connectivity index (χ1v) is 9.04. The van der Waals surface area contributed by atoms with Crippen molar-refractivity contribution in [2.24, 2.45) is 10.7 Å². The fourth-order valence-electron chi connectivity index (χ4n) is 2.27. The van der Waals surface area contributed by atoms with E-state index in [0.29, 0.717) is 12.3 Å². The van der Waals surface area contributed by atoms with Gasteiger partial charge in [-0.2, -0.15) is 4.99 Å². The van der Waals surface area contributed by atoms with Gasteiger partial charge in [-0.1, -0.05) is 37.9 Å². The van der Waals surface area contributed by atoms with Crippen LogP contribution in [0, 0.1) is 0 Å². The second-order valence-corrected chi connectivity index (χ2v) is 6.80. The van der Waals surface area contributed by atoms with E-state index in [0.717, 1.165) is 23.9 Å². The van der Waals surface area contributed by atoms with Gasteiger partial charge in [0.1, 0.15) is 11.0 Å². The summed E-state index contributed by atoms with van der Waals surface area (Å²) in [7, 11) is 0. The number of amides is 2. The average molecular weight is 349 g/mol. The van der Waals surface area contributed by atoms with Gasteiger partial charge in [0.25, 0.3) is 5.91 Å². The van der Waals surface area contributed by atoms with Crippen LogP contribution in [-0.2, 0) is 9.59 Å². The van der Waals surface area contributed by atoms with Crippen LogP contribution in [0.25, 0.3) is 0 Å². The molecule has 24 heavy (non-hydrogen) atoms. The van der Waals surface area contributed by atoms with Gasteiger partial charge in [-0.25, -0.2) is 0 Å². The van der Waals surface area contributed by atoms with Crippen LogP contribution in [0.2, 0.25) is 0 Å². The van der Waals surface area contributed by atoms with Gasteiger partial charge in [0.2, 0.25) is 5.91 Å². The summed E-state index contributed by atoms with van der Waals surface area (Å²) in [4.78, 5) is 27.1. The highest BCUT2D eigenvalue weighted by Crippen LogP contribution is 2.23. The van der Waals surface area contributed by atoms with Gasteiger partial charge in [-0.3, -0.25) is 9.59 Å². The Morgan fingerprint density at radius 3 is 2.67 bits per heavy atom. The number of hydrogen-bond donors (Lipinski definition) is 2. The molecule has 0 fully saturated rings. The summed E-state index contributed by atoms with van der Waals surface area (Å²) in [5.41, 5.74) is 6.14. The van der Waals surface area contributed by atoms with Crippen molar-refractivity contribution >= 4 is 34.4 Å². The van der Waals surface area contributed by atoms with Gasteiger partial charge >= 0.3 is 0 Å². The maximum absolute atomic E-state index is 12.0. The Morgan fingerprint density at radius 2 is 2.04 bits per heavy atom. The normalized spacial score (nSPS) is 16.8. The van der Waals surface area contributed by atoms with E-state index in [1.54, 1.807) is 12.1 Å². The molecule has 0 saturated heterocycles. The zero-order valence-corrected chi connectivity index (χ0v) is 14.6. The van der Waals surface area contributed by atoms with Crippen molar-refractivity contribution in [2.45, 2.75) is 44.3 Å². The molecule has 2 amide bonds. The quantitative estimate of drug-likeness (QED) is 0.669. The SMILES string of the molecule is CCCCCCOc1ccc(NC(=O)C[C@H]2SC(N)=NC2=O)cc1. The Balaban J connectivity index is 1.73. The van der Waals surface area contributed by atoms with Crippen molar-refractivity contribution in [1.29, 1.82) is 0 Å². The monoisotopic (exact) mass is 349 g/mol. The maximum atomic E-state index is 12.0. The van der Waals surface area contributed by atoms with E-state index < -0.39 is 5.25 Å². The summed E-state index contributed by atoms with van der Waals surface area (Å²) in [5.74, 6) is 0.200. The predicted molar refractivity (Wildman–Crippen MR) is 97.3 cm³/mol. The molecule has 0 unspecified atom stereocenters. The number of anilines is 1. The molecular weight excluding hydrogens is 326 g/mol. The van der Waals surface area contributed by atoms with Gasteiger partial charge in [-0.15, -0.1) is 0 Å². The van der Waals surface area contributed by atoms with Crippen LogP contribution in [0.5, 0.6) is 5.75 Å². The largest absolute Gasteiger partial charge is 0.494 e. The molecule has 6 nitrogen and oxygen atoms in total. The number of unbranched alkanes of at least 4 members (excludes halogenated alkanes) is 3. The number of amidine groups is 1. The molecule has 1 aliphatic heterocycles. The maximum Gasteiger partial charge on any atom is 0.262 e. The van der Waals surface area contributed by atoms with Crippen LogP contribution in [0.15, 0.2) is 29.3 Å². The molecule has 0 bridgehead atoms. The third-order valence-corrected chi connectivity index (χ3v) is 4.52. The predicted octanol–water partition coefficient (Wildman–Crippen LogP) is 2.93. The summed E-state index contributed by atoms with van der Waals surface area (Å²) in [6, 6.07) is 7.22. The Hall–Kier alpha value is -2.02. The lowest BCUT2D eigenvalue weighted by atomic mass is 10.2. The molecule has 3 N–H and O–H groups in total. The smallest absolute Gasteiger partial charge is 0.262 e. The van der Waals surface area contributed by atoms with E-state index in [9.17, 15) is 9.59 Å². The lowest BCUT2D eigenvalue weighted by Crippen LogP contribution is -2.21. The molecule has 7 heteroatoms. The van der Waals surface area contributed by atoms with Crippen LogP contribution < -0.4 is 15.8 Å². The molecule has 1 heterocycles. The van der Waals surface area contributed by atoms with E-state index in [1.807, 2.05) is 12.1 Å². The van der Waals surface area contributed by atoms with Gasteiger partial charge in [0.05, 0.1) is 6.61 Å². The van der Waals surface area contributed by atoms with Crippen molar-refractivity contribution in [1.82, 2.24) is 0 Å². The Bertz CT molecular complexity index is 602. The summed E-state index contributed by atoms with van der Waals surface area (Å²) in [6.45, 7) is 2.88. The molecule has 130 valence electrons. The standard InChI is InChI=1S/C17H23N3O3S/c1-2-3-4-5-10-23-13-8-6-12(7-9-13)19-15(21)11-14-16(22)20-17(18)24-14/h6-9,14H,2-5,10-11H2,1H3,(H,19,21)(H2,18,20,22)/t14-/m1/s1. The Kier molecular flexibility index (Phi) is 7.11. The van der Waals surface area contributed by atoms with Gasteiger partial charge in [0, 0.05) is 12.1 Å². The zero-order chi connectivity index (χ0) is 17.4. The van der Waals surface area contributed by atoms with Crippen molar-refractivity contribution in [3.05, 3.63) is 24.3 Å². The van der Waals surface area contributed by atoms with Crippen LogP contribution in [0.4, 0.5) is 5.69 Å². The highest BCUT2D eigenvalue weighted by Gasteiger charge is 2.29. The van der Waals surface area contributed by atoms with E-state index in [-0.39, 0.29) is 23.4 Å². The highest BCUT2D eigenvalue weighted by atomic mass is 32.2. The van der Waals surface area contributed by atoms with Gasteiger partial charge in [0.15, 0.2) is 5.17 Å². The number of benzene rings is 1. The number of nitrogens with one attached hydrogen (secondary N) is 1. The molecule has 0 radical (unpaired) electrons. The minimum Gasteiger partial charge on any atom is -0.494 e. The molecule has 0 spiro atoms. The van der Waals surface area contributed by atoms with Crippen LogP contribution >= 0.6 is 11.8 Å². The summed E-state index contributed by atoms with van der Waals surface area (Å²) < 4.78 is 5.66. The summed E-state index contributed by atoms with van der Waals surface area (Å²) in [6.07, 6.45) is 4.72. The molecule has 0 aliphatic carbocycles. The minimum atomic E-state index is -0.518. The molecule has 1 atom stereocenters. The summed E-state index contributed by atoms with van der Waals surface area (Å²) >= 11 is 1.13. The number of thioether (sulfide) groups is 1. The topological polar surface area (TPSA) is 93.8 Å². The van der Waals surface area contributed by atoms with Crippen LogP contribution in [0.1, 0.15) is 39.0 Å².